The van der Waals surface area contributed by atoms with Crippen LogP contribution >= 0.6 is 0 Å². The highest BCUT2D eigenvalue weighted by atomic mass is 16.5. The minimum atomic E-state index is 0.287. The van der Waals surface area contributed by atoms with Gasteiger partial charge in [0.2, 0.25) is 0 Å². The smallest absolute Gasteiger partial charge is 0.159 e. The molecule has 0 saturated heterocycles. The molecule has 1 rings (SSSR count). The zero-order valence-electron chi connectivity index (χ0n) is 11.2. The van der Waals surface area contributed by atoms with Gasteiger partial charge in [0.1, 0.15) is 5.78 Å². The molecule has 0 unspecified atom stereocenters. The topological polar surface area (TPSA) is 44.1 Å². The molecule has 0 saturated carbocycles. The molecule has 0 atom stereocenters. The predicted octanol–water partition coefficient (Wildman–Crippen LogP) is 2.77. The van der Waals surface area contributed by atoms with Gasteiger partial charge in [0.05, 0.1) is 19.0 Å². The minimum absolute atomic E-state index is 0.287. The number of methoxy groups -OCH3 is 1. The van der Waals surface area contributed by atoms with E-state index in [1.807, 2.05) is 11.6 Å². The summed E-state index contributed by atoms with van der Waals surface area (Å²) in [6.45, 7) is 6.17. The van der Waals surface area contributed by atoms with Gasteiger partial charge in [-0.25, -0.2) is 0 Å². The van der Waals surface area contributed by atoms with Crippen LogP contribution in [0.4, 0.5) is 0 Å². The Kier molecular flexibility index (Phi) is 5.19. The van der Waals surface area contributed by atoms with Crippen molar-refractivity contribution in [1.29, 1.82) is 0 Å². The van der Waals surface area contributed by atoms with Gasteiger partial charge >= 0.3 is 0 Å². The van der Waals surface area contributed by atoms with Crippen LogP contribution in [-0.4, -0.2) is 22.7 Å². The maximum absolute atomic E-state index is 11.5. The molecule has 0 aliphatic carbocycles. The average molecular weight is 238 g/mol. The van der Waals surface area contributed by atoms with Gasteiger partial charge in [-0.3, -0.25) is 9.48 Å². The molecule has 0 bridgehead atoms. The molecule has 0 amide bonds. The number of carbonyl (C=O) groups is 1. The lowest BCUT2D eigenvalue weighted by Crippen LogP contribution is -2.10. The van der Waals surface area contributed by atoms with Crippen molar-refractivity contribution < 1.29 is 9.53 Å². The largest absolute Gasteiger partial charge is 0.493 e. The standard InChI is InChI=1S/C13H22N2O2/c1-5-6-11(16)7-8-12-13(17-4)9-14-15(12)10(2)3/h9-10H,5-8H2,1-4H3. The van der Waals surface area contributed by atoms with Crippen LogP contribution in [0.1, 0.15) is 51.8 Å². The number of rotatable bonds is 7. The lowest BCUT2D eigenvalue weighted by atomic mass is 10.1. The third-order valence-corrected chi connectivity index (χ3v) is 2.74. The average Bonchev–Trinajstić information content (AvgIpc) is 2.69. The normalized spacial score (nSPS) is 10.9. The monoisotopic (exact) mass is 238 g/mol. The van der Waals surface area contributed by atoms with Crippen molar-refractivity contribution in [2.45, 2.75) is 52.5 Å². The van der Waals surface area contributed by atoms with Crippen molar-refractivity contribution >= 4 is 5.78 Å². The summed E-state index contributed by atoms with van der Waals surface area (Å²) in [5.74, 6) is 1.09. The van der Waals surface area contributed by atoms with Crippen LogP contribution < -0.4 is 4.74 Å². The molecule has 17 heavy (non-hydrogen) atoms. The molecule has 0 spiro atoms. The minimum Gasteiger partial charge on any atom is -0.493 e. The van der Waals surface area contributed by atoms with E-state index in [2.05, 4.69) is 18.9 Å². The molecule has 1 heterocycles. The Labute approximate surface area is 103 Å². The van der Waals surface area contributed by atoms with Crippen molar-refractivity contribution in [1.82, 2.24) is 9.78 Å². The first kappa shape index (κ1) is 13.7. The molecule has 0 aromatic carbocycles. The summed E-state index contributed by atoms with van der Waals surface area (Å²) in [7, 11) is 1.64. The molecule has 1 aromatic heterocycles. The molecule has 0 fully saturated rings. The number of carbonyl (C=O) groups excluding carboxylic acids is 1. The van der Waals surface area contributed by atoms with Crippen LogP contribution in [0.3, 0.4) is 0 Å². The molecule has 4 nitrogen and oxygen atoms in total. The number of Topliss-reactive ketones (excluding diaryl/α,β-unsaturated/α-hetero) is 1. The fourth-order valence-electron chi connectivity index (χ4n) is 1.89. The molecule has 0 aliphatic rings. The third-order valence-electron chi connectivity index (χ3n) is 2.74. The van der Waals surface area contributed by atoms with E-state index in [1.165, 1.54) is 0 Å². The van der Waals surface area contributed by atoms with E-state index < -0.39 is 0 Å². The number of nitrogens with zero attached hydrogens (tertiary/aromatic N) is 2. The van der Waals surface area contributed by atoms with E-state index in [1.54, 1.807) is 13.3 Å². The second-order valence-electron chi connectivity index (χ2n) is 4.49. The molecule has 0 aliphatic heterocycles. The summed E-state index contributed by atoms with van der Waals surface area (Å²) in [5.41, 5.74) is 1.02. The number of hydrogen-bond acceptors (Lipinski definition) is 3. The van der Waals surface area contributed by atoms with Gasteiger partial charge in [0, 0.05) is 18.9 Å². The fraction of sp³-hybridized carbons (Fsp3) is 0.692. The Morgan fingerprint density at radius 3 is 2.71 bits per heavy atom. The Bertz CT molecular complexity index is 369. The summed E-state index contributed by atoms with van der Waals surface area (Å²) in [6.07, 6.45) is 4.58. The van der Waals surface area contributed by atoms with Crippen LogP contribution in [0.5, 0.6) is 5.75 Å². The summed E-state index contributed by atoms with van der Waals surface area (Å²) in [4.78, 5) is 11.5. The first-order valence-corrected chi connectivity index (χ1v) is 6.22. The van der Waals surface area contributed by atoms with E-state index >= 15 is 0 Å². The number of ketones is 1. The third kappa shape index (κ3) is 3.58. The number of hydrogen-bond donors (Lipinski definition) is 0. The maximum atomic E-state index is 11.5. The SMILES string of the molecule is CCCC(=O)CCc1c(OC)cnn1C(C)C. The summed E-state index contributed by atoms with van der Waals surface area (Å²) >= 11 is 0. The Morgan fingerprint density at radius 1 is 1.47 bits per heavy atom. The molecular weight excluding hydrogens is 216 g/mol. The van der Waals surface area contributed by atoms with E-state index in [-0.39, 0.29) is 6.04 Å². The lowest BCUT2D eigenvalue weighted by molar-refractivity contribution is -0.119. The first-order valence-electron chi connectivity index (χ1n) is 6.22. The summed E-state index contributed by atoms with van der Waals surface area (Å²) in [5, 5.41) is 4.29. The quantitative estimate of drug-likeness (QED) is 0.733. The van der Waals surface area contributed by atoms with Crippen LogP contribution in [0.15, 0.2) is 6.20 Å². The molecule has 1 aromatic rings. The van der Waals surface area contributed by atoms with Gasteiger partial charge in [-0.2, -0.15) is 5.10 Å². The van der Waals surface area contributed by atoms with Gasteiger partial charge in [0.15, 0.2) is 5.75 Å². The van der Waals surface area contributed by atoms with Crippen LogP contribution in [0.25, 0.3) is 0 Å². The highest BCUT2D eigenvalue weighted by Crippen LogP contribution is 2.22. The second kappa shape index (κ2) is 6.42. The predicted molar refractivity (Wildman–Crippen MR) is 67.4 cm³/mol. The van der Waals surface area contributed by atoms with Crippen molar-refractivity contribution in [2.24, 2.45) is 0 Å². The van der Waals surface area contributed by atoms with Gasteiger partial charge in [-0.15, -0.1) is 0 Å². The molecule has 96 valence electrons. The van der Waals surface area contributed by atoms with Gasteiger partial charge in [-0.05, 0) is 26.7 Å². The van der Waals surface area contributed by atoms with Crippen molar-refractivity contribution in [2.75, 3.05) is 7.11 Å². The molecule has 0 N–H and O–H groups in total. The van der Waals surface area contributed by atoms with Crippen LogP contribution in [-0.2, 0) is 11.2 Å². The summed E-state index contributed by atoms with van der Waals surface area (Å²) in [6, 6.07) is 0.287. The van der Waals surface area contributed by atoms with E-state index in [0.29, 0.717) is 25.0 Å². The number of ether oxygens (including phenoxy) is 1. The molecular formula is C13H22N2O2. The zero-order chi connectivity index (χ0) is 12.8. The number of aromatic nitrogens is 2. The van der Waals surface area contributed by atoms with E-state index in [4.69, 9.17) is 4.74 Å². The maximum Gasteiger partial charge on any atom is 0.159 e. The Morgan fingerprint density at radius 2 is 2.18 bits per heavy atom. The fourth-order valence-corrected chi connectivity index (χ4v) is 1.89. The lowest BCUT2D eigenvalue weighted by Gasteiger charge is -2.11. The van der Waals surface area contributed by atoms with Crippen molar-refractivity contribution in [3.63, 3.8) is 0 Å². The summed E-state index contributed by atoms with van der Waals surface area (Å²) < 4.78 is 7.20. The second-order valence-corrected chi connectivity index (χ2v) is 4.49. The van der Waals surface area contributed by atoms with E-state index in [9.17, 15) is 4.79 Å². The zero-order valence-corrected chi connectivity index (χ0v) is 11.2. The first-order chi connectivity index (χ1) is 8.10. The van der Waals surface area contributed by atoms with Crippen LogP contribution in [0, 0.1) is 0 Å². The highest BCUT2D eigenvalue weighted by Gasteiger charge is 2.14. The van der Waals surface area contributed by atoms with Gasteiger partial charge in [0.25, 0.3) is 0 Å². The van der Waals surface area contributed by atoms with Crippen molar-refractivity contribution in [3.05, 3.63) is 11.9 Å². The van der Waals surface area contributed by atoms with Crippen LogP contribution in [0.2, 0.25) is 0 Å². The van der Waals surface area contributed by atoms with E-state index in [0.717, 1.165) is 17.9 Å². The molecule has 0 radical (unpaired) electrons. The van der Waals surface area contributed by atoms with Gasteiger partial charge < -0.3 is 4.74 Å². The van der Waals surface area contributed by atoms with Crippen molar-refractivity contribution in [3.8, 4) is 5.75 Å². The molecule has 4 heteroatoms. The Hall–Kier alpha value is -1.32. The Balaban J connectivity index is 2.74. The highest BCUT2D eigenvalue weighted by molar-refractivity contribution is 5.78. The van der Waals surface area contributed by atoms with Gasteiger partial charge in [-0.1, -0.05) is 6.92 Å².